The number of aromatic nitrogens is 2. The standard InChI is InChI=1S/C28H35N3O3/c1-30-24-8-5-22(12-25(24)31(2)27(30)33)26(32)17-34-23-6-3-18(4-7-23)16-29-28-13-19-9-20(14-28)11-21(10-19)15-28/h3-8,12,19-21,26,29,32H,9-11,13-17H2,1-2H3. The van der Waals surface area contributed by atoms with Gasteiger partial charge >= 0.3 is 5.69 Å². The zero-order valence-electron chi connectivity index (χ0n) is 20.2. The van der Waals surface area contributed by atoms with Crippen molar-refractivity contribution in [2.75, 3.05) is 6.61 Å². The molecule has 4 saturated carbocycles. The lowest BCUT2D eigenvalue weighted by atomic mass is 9.53. The molecule has 1 aromatic heterocycles. The van der Waals surface area contributed by atoms with Crippen LogP contribution in [0.15, 0.2) is 47.3 Å². The SMILES string of the molecule is Cn1c(=O)n(C)c2cc(C(O)COc3ccc(CNC45CC6CC(CC(C6)C4)C5)cc3)ccc21. The van der Waals surface area contributed by atoms with E-state index in [9.17, 15) is 9.90 Å². The molecule has 0 spiro atoms. The number of hydrogen-bond acceptors (Lipinski definition) is 4. The number of aliphatic hydroxyl groups is 1. The minimum atomic E-state index is -0.767. The number of nitrogens with one attached hydrogen (secondary N) is 1. The Balaban J connectivity index is 1.05. The fourth-order valence-electron chi connectivity index (χ4n) is 7.32. The minimum Gasteiger partial charge on any atom is -0.491 e. The second-order valence-corrected chi connectivity index (χ2v) is 11.2. The summed E-state index contributed by atoms with van der Waals surface area (Å²) >= 11 is 0. The van der Waals surface area contributed by atoms with Crippen LogP contribution in [0.25, 0.3) is 11.0 Å². The molecule has 4 fully saturated rings. The predicted octanol–water partition coefficient (Wildman–Crippen LogP) is 4.05. The van der Waals surface area contributed by atoms with Crippen molar-refractivity contribution in [3.05, 3.63) is 64.1 Å². The van der Waals surface area contributed by atoms with Crippen LogP contribution >= 0.6 is 0 Å². The second kappa shape index (κ2) is 8.28. The molecule has 4 aliphatic rings. The van der Waals surface area contributed by atoms with E-state index in [1.54, 1.807) is 23.2 Å². The van der Waals surface area contributed by atoms with Gasteiger partial charge in [0, 0.05) is 26.2 Å². The summed E-state index contributed by atoms with van der Waals surface area (Å²) in [6, 6.07) is 13.8. The number of benzene rings is 2. The quantitative estimate of drug-likeness (QED) is 0.557. The molecule has 0 aliphatic heterocycles. The highest BCUT2D eigenvalue weighted by Crippen LogP contribution is 2.55. The fourth-order valence-corrected chi connectivity index (χ4v) is 7.32. The van der Waals surface area contributed by atoms with Crippen LogP contribution in [-0.4, -0.2) is 26.4 Å². The first-order valence-electron chi connectivity index (χ1n) is 12.7. The molecular formula is C28H35N3O3. The van der Waals surface area contributed by atoms with Gasteiger partial charge in [0.1, 0.15) is 18.5 Å². The summed E-state index contributed by atoms with van der Waals surface area (Å²) in [5.41, 5.74) is 3.97. The van der Waals surface area contributed by atoms with Crippen LogP contribution in [0.3, 0.4) is 0 Å². The average Bonchev–Trinajstić information content (AvgIpc) is 3.04. The number of aliphatic hydroxyl groups excluding tert-OH is 1. The summed E-state index contributed by atoms with van der Waals surface area (Å²) in [4.78, 5) is 12.1. The van der Waals surface area contributed by atoms with Gasteiger partial charge in [-0.1, -0.05) is 18.2 Å². The molecule has 180 valence electrons. The molecule has 0 radical (unpaired) electrons. The lowest BCUT2D eigenvalue weighted by Crippen LogP contribution is -2.58. The molecule has 1 unspecified atom stereocenters. The Labute approximate surface area is 200 Å². The predicted molar refractivity (Wildman–Crippen MR) is 133 cm³/mol. The Bertz CT molecular complexity index is 1220. The molecule has 34 heavy (non-hydrogen) atoms. The van der Waals surface area contributed by atoms with Gasteiger partial charge in [-0.2, -0.15) is 0 Å². The molecule has 1 heterocycles. The normalized spacial score (nSPS) is 28.5. The largest absolute Gasteiger partial charge is 0.491 e. The Hall–Kier alpha value is -2.57. The summed E-state index contributed by atoms with van der Waals surface area (Å²) in [6.45, 7) is 1.07. The molecule has 7 rings (SSSR count). The van der Waals surface area contributed by atoms with Gasteiger partial charge in [-0.15, -0.1) is 0 Å². The number of ether oxygens (including phenoxy) is 1. The minimum absolute atomic E-state index is 0.0735. The van der Waals surface area contributed by atoms with Crippen molar-refractivity contribution in [1.82, 2.24) is 14.5 Å². The molecule has 6 nitrogen and oxygen atoms in total. The van der Waals surface area contributed by atoms with E-state index in [1.807, 2.05) is 30.3 Å². The summed E-state index contributed by atoms with van der Waals surface area (Å²) < 4.78 is 9.10. The first kappa shape index (κ1) is 21.9. The van der Waals surface area contributed by atoms with Crippen molar-refractivity contribution in [2.45, 2.75) is 56.7 Å². The van der Waals surface area contributed by atoms with Crippen LogP contribution in [0.5, 0.6) is 5.75 Å². The second-order valence-electron chi connectivity index (χ2n) is 11.2. The molecule has 4 bridgehead atoms. The van der Waals surface area contributed by atoms with Gasteiger partial charge in [0.15, 0.2) is 0 Å². The molecule has 0 saturated heterocycles. The van der Waals surface area contributed by atoms with E-state index in [0.29, 0.717) is 5.54 Å². The number of nitrogens with zero attached hydrogens (tertiary/aromatic N) is 2. The van der Waals surface area contributed by atoms with Crippen molar-refractivity contribution in [3.63, 3.8) is 0 Å². The molecule has 4 aliphatic carbocycles. The van der Waals surface area contributed by atoms with Gasteiger partial charge in [0.2, 0.25) is 0 Å². The zero-order valence-corrected chi connectivity index (χ0v) is 20.2. The number of rotatable bonds is 7. The van der Waals surface area contributed by atoms with Crippen LogP contribution in [0.1, 0.15) is 55.8 Å². The Morgan fingerprint density at radius 1 is 0.971 bits per heavy atom. The van der Waals surface area contributed by atoms with E-state index < -0.39 is 6.10 Å². The Morgan fingerprint density at radius 2 is 1.59 bits per heavy atom. The number of imidazole rings is 1. The zero-order chi connectivity index (χ0) is 23.4. The Kier molecular flexibility index (Phi) is 5.34. The van der Waals surface area contributed by atoms with Crippen molar-refractivity contribution in [1.29, 1.82) is 0 Å². The number of fused-ring (bicyclic) bond motifs is 1. The van der Waals surface area contributed by atoms with Crippen LogP contribution in [-0.2, 0) is 20.6 Å². The number of hydrogen-bond donors (Lipinski definition) is 2. The van der Waals surface area contributed by atoms with Gasteiger partial charge in [0.05, 0.1) is 11.0 Å². The molecule has 2 N–H and O–H groups in total. The lowest BCUT2D eigenvalue weighted by Gasteiger charge is -2.57. The van der Waals surface area contributed by atoms with Crippen LogP contribution in [0.2, 0.25) is 0 Å². The summed E-state index contributed by atoms with van der Waals surface area (Å²) in [6.07, 6.45) is 7.73. The van der Waals surface area contributed by atoms with Crippen molar-refractivity contribution in [2.24, 2.45) is 31.8 Å². The first-order chi connectivity index (χ1) is 16.4. The average molecular weight is 462 g/mol. The van der Waals surface area contributed by atoms with Crippen LogP contribution < -0.4 is 15.7 Å². The van der Waals surface area contributed by atoms with E-state index in [4.69, 9.17) is 4.74 Å². The first-order valence-corrected chi connectivity index (χ1v) is 12.7. The highest BCUT2D eigenvalue weighted by atomic mass is 16.5. The molecule has 0 amide bonds. The van der Waals surface area contributed by atoms with Gasteiger partial charge in [-0.3, -0.25) is 9.13 Å². The van der Waals surface area contributed by atoms with E-state index in [-0.39, 0.29) is 12.3 Å². The van der Waals surface area contributed by atoms with Crippen LogP contribution in [0.4, 0.5) is 0 Å². The van der Waals surface area contributed by atoms with Gasteiger partial charge in [-0.25, -0.2) is 4.79 Å². The van der Waals surface area contributed by atoms with Gasteiger partial charge < -0.3 is 15.2 Å². The maximum Gasteiger partial charge on any atom is 0.328 e. The third-order valence-electron chi connectivity index (χ3n) is 8.72. The lowest BCUT2D eigenvalue weighted by molar-refractivity contribution is -0.0206. The van der Waals surface area contributed by atoms with Crippen LogP contribution in [0, 0.1) is 17.8 Å². The third-order valence-corrected chi connectivity index (χ3v) is 8.72. The smallest absolute Gasteiger partial charge is 0.328 e. The van der Waals surface area contributed by atoms with E-state index in [0.717, 1.165) is 46.6 Å². The maximum absolute atomic E-state index is 12.1. The monoisotopic (exact) mass is 461 g/mol. The molecule has 1 atom stereocenters. The van der Waals surface area contributed by atoms with Crippen molar-refractivity contribution >= 4 is 11.0 Å². The molecular weight excluding hydrogens is 426 g/mol. The van der Waals surface area contributed by atoms with Gasteiger partial charge in [0.25, 0.3) is 0 Å². The summed E-state index contributed by atoms with van der Waals surface area (Å²) in [5.74, 6) is 3.61. The summed E-state index contributed by atoms with van der Waals surface area (Å²) in [5, 5.41) is 14.6. The maximum atomic E-state index is 12.1. The van der Waals surface area contributed by atoms with E-state index >= 15 is 0 Å². The topological polar surface area (TPSA) is 68.4 Å². The highest BCUT2D eigenvalue weighted by Gasteiger charge is 2.50. The van der Waals surface area contributed by atoms with Crippen molar-refractivity contribution < 1.29 is 9.84 Å². The highest BCUT2D eigenvalue weighted by molar-refractivity contribution is 5.77. The van der Waals surface area contributed by atoms with E-state index in [1.165, 1.54) is 44.1 Å². The summed E-state index contributed by atoms with van der Waals surface area (Å²) in [7, 11) is 3.50. The Morgan fingerprint density at radius 3 is 2.24 bits per heavy atom. The van der Waals surface area contributed by atoms with Gasteiger partial charge in [-0.05, 0) is 91.7 Å². The molecule has 3 aromatic rings. The third kappa shape index (κ3) is 3.87. The molecule has 6 heteroatoms. The fraction of sp³-hybridized carbons (Fsp3) is 0.536. The van der Waals surface area contributed by atoms with Crippen molar-refractivity contribution in [3.8, 4) is 5.75 Å². The van der Waals surface area contributed by atoms with E-state index in [2.05, 4.69) is 17.4 Å². The molecule has 2 aromatic carbocycles. The number of aryl methyl sites for hydroxylation is 2.